The van der Waals surface area contributed by atoms with Crippen LogP contribution in [0.25, 0.3) is 0 Å². The number of nitrogens with one attached hydrogen (secondary N) is 1. The number of aryl methyl sites for hydroxylation is 2. The van der Waals surface area contributed by atoms with Gasteiger partial charge in [0.15, 0.2) is 0 Å². The zero-order valence-corrected chi connectivity index (χ0v) is 10.8. The number of para-hydroxylation sites is 1. The lowest BCUT2D eigenvalue weighted by atomic mass is 10.1. The topological polar surface area (TPSA) is 65.8 Å². The van der Waals surface area contributed by atoms with Gasteiger partial charge in [-0.25, -0.2) is 4.98 Å². The van der Waals surface area contributed by atoms with Gasteiger partial charge in [0.05, 0.1) is 0 Å². The summed E-state index contributed by atoms with van der Waals surface area (Å²) in [5.41, 5.74) is 3.47. The van der Waals surface area contributed by atoms with E-state index in [9.17, 15) is 4.79 Å². The Kier molecular flexibility index (Phi) is 3.58. The second-order valence-electron chi connectivity index (χ2n) is 4.26. The summed E-state index contributed by atoms with van der Waals surface area (Å²) >= 11 is 0. The molecule has 0 aliphatic heterocycles. The third-order valence-electron chi connectivity index (χ3n) is 2.86. The first-order chi connectivity index (χ1) is 9.11. The van der Waals surface area contributed by atoms with E-state index in [2.05, 4.69) is 10.3 Å². The van der Waals surface area contributed by atoms with E-state index in [-0.39, 0.29) is 11.6 Å². The predicted octanol–water partition coefficient (Wildman–Crippen LogP) is 2.82. The fraction of sp³-hybridized carbons (Fsp3) is 0.133. The largest absolute Gasteiger partial charge is 0.322 e. The highest BCUT2D eigenvalue weighted by Crippen LogP contribution is 2.20. The van der Waals surface area contributed by atoms with Crippen molar-refractivity contribution in [1.29, 1.82) is 5.26 Å². The van der Waals surface area contributed by atoms with Crippen molar-refractivity contribution in [2.75, 3.05) is 5.32 Å². The van der Waals surface area contributed by atoms with Gasteiger partial charge in [-0.05, 0) is 37.1 Å². The number of benzene rings is 1. The summed E-state index contributed by atoms with van der Waals surface area (Å²) in [4.78, 5) is 16.0. The van der Waals surface area contributed by atoms with Crippen LogP contribution in [0.5, 0.6) is 0 Å². The predicted molar refractivity (Wildman–Crippen MR) is 72.8 cm³/mol. The highest BCUT2D eigenvalue weighted by atomic mass is 16.1. The molecule has 4 heteroatoms. The quantitative estimate of drug-likeness (QED) is 0.892. The third kappa shape index (κ3) is 2.78. The van der Waals surface area contributed by atoms with Crippen molar-refractivity contribution in [1.82, 2.24) is 4.98 Å². The Morgan fingerprint density at radius 3 is 2.58 bits per heavy atom. The van der Waals surface area contributed by atoms with Crippen molar-refractivity contribution >= 4 is 11.6 Å². The van der Waals surface area contributed by atoms with Gasteiger partial charge in [-0.1, -0.05) is 18.2 Å². The lowest BCUT2D eigenvalue weighted by Crippen LogP contribution is -2.14. The van der Waals surface area contributed by atoms with Crippen LogP contribution in [0.1, 0.15) is 27.2 Å². The Morgan fingerprint density at radius 1 is 1.26 bits per heavy atom. The number of carbonyl (C=O) groups excluding carboxylic acids is 1. The van der Waals surface area contributed by atoms with Crippen LogP contribution >= 0.6 is 0 Å². The van der Waals surface area contributed by atoms with Crippen LogP contribution in [0, 0.1) is 25.2 Å². The van der Waals surface area contributed by atoms with E-state index in [1.165, 1.54) is 12.3 Å². The Labute approximate surface area is 111 Å². The average molecular weight is 251 g/mol. The number of anilines is 1. The smallest absolute Gasteiger partial charge is 0.255 e. The van der Waals surface area contributed by atoms with Crippen LogP contribution in [-0.4, -0.2) is 10.9 Å². The molecule has 0 saturated heterocycles. The van der Waals surface area contributed by atoms with Crippen LogP contribution in [0.2, 0.25) is 0 Å². The highest BCUT2D eigenvalue weighted by Gasteiger charge is 2.10. The van der Waals surface area contributed by atoms with Crippen molar-refractivity contribution in [3.63, 3.8) is 0 Å². The molecule has 4 nitrogen and oxygen atoms in total. The second-order valence-corrected chi connectivity index (χ2v) is 4.26. The summed E-state index contributed by atoms with van der Waals surface area (Å²) in [6.07, 6.45) is 1.46. The monoisotopic (exact) mass is 251 g/mol. The van der Waals surface area contributed by atoms with Crippen molar-refractivity contribution in [3.05, 3.63) is 58.9 Å². The number of aromatic nitrogens is 1. The lowest BCUT2D eigenvalue weighted by Gasteiger charge is -2.11. The van der Waals surface area contributed by atoms with E-state index < -0.39 is 0 Å². The summed E-state index contributed by atoms with van der Waals surface area (Å²) in [6.45, 7) is 3.88. The second kappa shape index (κ2) is 5.32. The maximum Gasteiger partial charge on any atom is 0.255 e. The highest BCUT2D eigenvalue weighted by molar-refractivity contribution is 6.05. The van der Waals surface area contributed by atoms with Crippen molar-refractivity contribution < 1.29 is 4.79 Å². The lowest BCUT2D eigenvalue weighted by molar-refractivity contribution is 0.102. The molecule has 94 valence electrons. The fourth-order valence-electron chi connectivity index (χ4n) is 1.83. The molecule has 2 aromatic rings. The Balaban J connectivity index is 2.29. The number of pyridine rings is 1. The molecular formula is C15H13N3O. The minimum absolute atomic E-state index is 0.231. The molecule has 0 spiro atoms. The van der Waals surface area contributed by atoms with Gasteiger partial charge in [-0.2, -0.15) is 5.26 Å². The molecule has 0 bridgehead atoms. The molecule has 2 rings (SSSR count). The summed E-state index contributed by atoms with van der Waals surface area (Å²) in [6, 6.07) is 10.8. The number of carbonyl (C=O) groups is 1. The van der Waals surface area contributed by atoms with E-state index in [1.807, 2.05) is 38.1 Å². The Hall–Kier alpha value is -2.67. The molecule has 1 aromatic carbocycles. The number of nitrogens with zero attached hydrogens (tertiary/aromatic N) is 2. The van der Waals surface area contributed by atoms with Crippen LogP contribution < -0.4 is 5.32 Å². The molecule has 1 amide bonds. The average Bonchev–Trinajstić information content (AvgIpc) is 2.43. The molecule has 0 aliphatic carbocycles. The zero-order valence-electron chi connectivity index (χ0n) is 10.8. The zero-order chi connectivity index (χ0) is 13.8. The van der Waals surface area contributed by atoms with Crippen molar-refractivity contribution in [2.45, 2.75) is 13.8 Å². The summed E-state index contributed by atoms with van der Waals surface area (Å²) < 4.78 is 0. The SMILES string of the molecule is Cc1cccc(C)c1NC(=O)c1ccnc(C#N)c1. The van der Waals surface area contributed by atoms with Crippen LogP contribution in [0.4, 0.5) is 5.69 Å². The molecule has 1 N–H and O–H groups in total. The van der Waals surface area contributed by atoms with Gasteiger partial charge in [-0.3, -0.25) is 4.79 Å². The van der Waals surface area contributed by atoms with E-state index >= 15 is 0 Å². The third-order valence-corrected chi connectivity index (χ3v) is 2.86. The van der Waals surface area contributed by atoms with Gasteiger partial charge in [0.2, 0.25) is 0 Å². The first-order valence-electron chi connectivity index (χ1n) is 5.85. The fourth-order valence-corrected chi connectivity index (χ4v) is 1.83. The number of hydrogen-bond acceptors (Lipinski definition) is 3. The maximum atomic E-state index is 12.1. The number of hydrogen-bond donors (Lipinski definition) is 1. The minimum Gasteiger partial charge on any atom is -0.322 e. The Morgan fingerprint density at radius 2 is 1.95 bits per heavy atom. The van der Waals surface area contributed by atoms with Gasteiger partial charge < -0.3 is 5.32 Å². The molecule has 19 heavy (non-hydrogen) atoms. The van der Waals surface area contributed by atoms with Gasteiger partial charge in [0.1, 0.15) is 11.8 Å². The molecule has 0 unspecified atom stereocenters. The normalized spacial score (nSPS) is 9.74. The van der Waals surface area contributed by atoms with Gasteiger partial charge in [0, 0.05) is 17.4 Å². The first-order valence-corrected chi connectivity index (χ1v) is 5.85. The van der Waals surface area contributed by atoms with E-state index in [1.54, 1.807) is 6.07 Å². The Bertz CT molecular complexity index is 651. The molecule has 1 aromatic heterocycles. The van der Waals surface area contributed by atoms with Crippen molar-refractivity contribution in [3.8, 4) is 6.07 Å². The van der Waals surface area contributed by atoms with E-state index in [0.717, 1.165) is 16.8 Å². The molecule has 0 atom stereocenters. The van der Waals surface area contributed by atoms with Crippen LogP contribution in [0.15, 0.2) is 36.5 Å². The molecule has 1 heterocycles. The van der Waals surface area contributed by atoms with Crippen LogP contribution in [0.3, 0.4) is 0 Å². The minimum atomic E-state index is -0.240. The molecule has 0 radical (unpaired) electrons. The molecule has 0 fully saturated rings. The number of rotatable bonds is 2. The molecule has 0 aliphatic rings. The van der Waals surface area contributed by atoms with E-state index in [4.69, 9.17) is 5.26 Å². The van der Waals surface area contributed by atoms with Gasteiger partial charge in [-0.15, -0.1) is 0 Å². The van der Waals surface area contributed by atoms with Crippen LogP contribution in [-0.2, 0) is 0 Å². The molecule has 0 saturated carbocycles. The van der Waals surface area contributed by atoms with Gasteiger partial charge in [0.25, 0.3) is 5.91 Å². The standard InChI is InChI=1S/C15H13N3O/c1-10-4-3-5-11(2)14(10)18-15(19)12-6-7-17-13(8-12)9-16/h3-8H,1-2H3,(H,18,19). The first kappa shape index (κ1) is 12.8. The van der Waals surface area contributed by atoms with Gasteiger partial charge >= 0.3 is 0 Å². The summed E-state index contributed by atoms with van der Waals surface area (Å²) in [5.74, 6) is -0.240. The maximum absolute atomic E-state index is 12.1. The number of amides is 1. The molecular weight excluding hydrogens is 238 g/mol. The van der Waals surface area contributed by atoms with E-state index in [0.29, 0.717) is 5.56 Å². The summed E-state index contributed by atoms with van der Waals surface area (Å²) in [5, 5.41) is 11.6. The number of nitriles is 1. The summed E-state index contributed by atoms with van der Waals surface area (Å²) in [7, 11) is 0. The van der Waals surface area contributed by atoms with Crippen molar-refractivity contribution in [2.24, 2.45) is 0 Å².